The van der Waals surface area contributed by atoms with E-state index >= 15 is 0 Å². The van der Waals surface area contributed by atoms with Gasteiger partial charge in [0.05, 0.1) is 12.7 Å². The molecule has 1 heterocycles. The Morgan fingerprint density at radius 2 is 2.00 bits per heavy atom. The molecule has 82 valence electrons. The second-order valence-electron chi connectivity index (χ2n) is 4.63. The highest BCUT2D eigenvalue weighted by molar-refractivity contribution is 7.80. The summed E-state index contributed by atoms with van der Waals surface area (Å²) in [4.78, 5) is 0. The number of hydrogen-bond acceptors (Lipinski definition) is 3. The molecular formula is C11H20O2S. The summed E-state index contributed by atoms with van der Waals surface area (Å²) in [5.74, 6) is 0.934. The van der Waals surface area contributed by atoms with Crippen LogP contribution in [-0.2, 0) is 9.47 Å². The third-order valence-corrected chi connectivity index (χ3v) is 4.24. The first-order valence-electron chi connectivity index (χ1n) is 5.65. The zero-order valence-electron chi connectivity index (χ0n) is 8.71. The van der Waals surface area contributed by atoms with Gasteiger partial charge in [-0.05, 0) is 37.9 Å². The molecule has 0 aromatic rings. The SMILES string of the molecule is SCC1(COC2CCC2)CCOCC1. The summed E-state index contributed by atoms with van der Waals surface area (Å²) in [6, 6.07) is 0. The minimum absolute atomic E-state index is 0.303. The molecule has 0 unspecified atom stereocenters. The standard InChI is InChI=1S/C11H20O2S/c14-9-11(4-6-12-7-5-11)8-13-10-2-1-3-10/h10,14H,1-9H2. The van der Waals surface area contributed by atoms with Crippen LogP contribution in [0, 0.1) is 5.41 Å². The lowest BCUT2D eigenvalue weighted by Gasteiger charge is -2.38. The zero-order valence-corrected chi connectivity index (χ0v) is 9.60. The van der Waals surface area contributed by atoms with Crippen LogP contribution in [0.4, 0.5) is 0 Å². The van der Waals surface area contributed by atoms with Crippen molar-refractivity contribution in [1.82, 2.24) is 0 Å². The quantitative estimate of drug-likeness (QED) is 0.727. The van der Waals surface area contributed by atoms with Crippen molar-refractivity contribution >= 4 is 12.6 Å². The summed E-state index contributed by atoms with van der Waals surface area (Å²) in [6.07, 6.45) is 6.65. The monoisotopic (exact) mass is 216 g/mol. The first-order chi connectivity index (χ1) is 6.85. The minimum Gasteiger partial charge on any atom is -0.381 e. The predicted octanol–water partition coefficient (Wildman–Crippen LogP) is 2.28. The third-order valence-electron chi connectivity index (χ3n) is 3.57. The van der Waals surface area contributed by atoms with Crippen molar-refractivity contribution < 1.29 is 9.47 Å². The Hall–Kier alpha value is 0.270. The Kier molecular flexibility index (Phi) is 3.74. The Morgan fingerprint density at radius 1 is 1.29 bits per heavy atom. The van der Waals surface area contributed by atoms with Crippen molar-refractivity contribution in [3.05, 3.63) is 0 Å². The van der Waals surface area contributed by atoms with E-state index in [1.807, 2.05) is 0 Å². The van der Waals surface area contributed by atoms with E-state index in [-0.39, 0.29) is 0 Å². The predicted molar refractivity (Wildman–Crippen MR) is 59.9 cm³/mol. The summed E-state index contributed by atoms with van der Waals surface area (Å²) >= 11 is 4.46. The van der Waals surface area contributed by atoms with Crippen molar-refractivity contribution in [2.45, 2.75) is 38.2 Å². The van der Waals surface area contributed by atoms with Gasteiger partial charge in [-0.25, -0.2) is 0 Å². The van der Waals surface area contributed by atoms with E-state index in [4.69, 9.17) is 9.47 Å². The molecule has 1 aliphatic heterocycles. The van der Waals surface area contributed by atoms with Gasteiger partial charge in [-0.1, -0.05) is 0 Å². The first-order valence-corrected chi connectivity index (χ1v) is 6.28. The second kappa shape index (κ2) is 4.86. The average Bonchev–Trinajstić information content (AvgIpc) is 2.17. The lowest BCUT2D eigenvalue weighted by atomic mass is 9.83. The van der Waals surface area contributed by atoms with Crippen molar-refractivity contribution in [2.75, 3.05) is 25.6 Å². The van der Waals surface area contributed by atoms with Gasteiger partial charge in [0, 0.05) is 18.6 Å². The smallest absolute Gasteiger partial charge is 0.0575 e. The molecule has 1 aliphatic carbocycles. The van der Waals surface area contributed by atoms with E-state index in [9.17, 15) is 0 Å². The largest absolute Gasteiger partial charge is 0.381 e. The normalized spacial score (nSPS) is 27.2. The van der Waals surface area contributed by atoms with Crippen molar-refractivity contribution in [3.63, 3.8) is 0 Å². The van der Waals surface area contributed by atoms with Crippen LogP contribution < -0.4 is 0 Å². The number of hydrogen-bond donors (Lipinski definition) is 1. The molecule has 2 nitrogen and oxygen atoms in total. The summed E-state index contributed by atoms with van der Waals surface area (Å²) in [5, 5.41) is 0. The molecular weight excluding hydrogens is 196 g/mol. The highest BCUT2D eigenvalue weighted by Crippen LogP contribution is 2.34. The molecule has 3 heteroatoms. The highest BCUT2D eigenvalue weighted by Gasteiger charge is 2.33. The summed E-state index contributed by atoms with van der Waals surface area (Å²) in [7, 11) is 0. The summed E-state index contributed by atoms with van der Waals surface area (Å²) in [5.41, 5.74) is 0.303. The molecule has 0 aromatic heterocycles. The van der Waals surface area contributed by atoms with Crippen molar-refractivity contribution in [1.29, 1.82) is 0 Å². The van der Waals surface area contributed by atoms with Crippen molar-refractivity contribution in [2.24, 2.45) is 5.41 Å². The molecule has 2 rings (SSSR count). The lowest BCUT2D eigenvalue weighted by Crippen LogP contribution is -2.38. The van der Waals surface area contributed by atoms with Crippen LogP contribution in [0.5, 0.6) is 0 Å². The molecule has 1 saturated carbocycles. The fourth-order valence-corrected chi connectivity index (χ4v) is 2.39. The Morgan fingerprint density at radius 3 is 2.50 bits per heavy atom. The molecule has 2 aliphatic rings. The van der Waals surface area contributed by atoms with Gasteiger partial charge < -0.3 is 9.47 Å². The highest BCUT2D eigenvalue weighted by atomic mass is 32.1. The maximum atomic E-state index is 5.91. The van der Waals surface area contributed by atoms with Crippen molar-refractivity contribution in [3.8, 4) is 0 Å². The van der Waals surface area contributed by atoms with Crippen LogP contribution in [0.25, 0.3) is 0 Å². The van der Waals surface area contributed by atoms with Gasteiger partial charge in [0.1, 0.15) is 0 Å². The van der Waals surface area contributed by atoms with Crippen LogP contribution in [0.15, 0.2) is 0 Å². The summed E-state index contributed by atoms with van der Waals surface area (Å²) in [6.45, 7) is 2.66. The van der Waals surface area contributed by atoms with Gasteiger partial charge in [0.2, 0.25) is 0 Å². The van der Waals surface area contributed by atoms with E-state index in [0.29, 0.717) is 11.5 Å². The van der Waals surface area contributed by atoms with Crippen LogP contribution in [0.3, 0.4) is 0 Å². The molecule has 0 radical (unpaired) electrons. The Balaban J connectivity index is 1.77. The molecule has 1 saturated heterocycles. The third kappa shape index (κ3) is 2.44. The van der Waals surface area contributed by atoms with Crippen LogP contribution in [0.2, 0.25) is 0 Å². The second-order valence-corrected chi connectivity index (χ2v) is 4.95. The lowest BCUT2D eigenvalue weighted by molar-refractivity contribution is -0.0727. The van der Waals surface area contributed by atoms with E-state index in [2.05, 4.69) is 12.6 Å². The van der Waals surface area contributed by atoms with E-state index < -0.39 is 0 Å². The maximum Gasteiger partial charge on any atom is 0.0575 e. The number of ether oxygens (including phenoxy) is 2. The topological polar surface area (TPSA) is 18.5 Å². The fraction of sp³-hybridized carbons (Fsp3) is 1.00. The molecule has 0 bridgehead atoms. The number of rotatable bonds is 4. The molecule has 14 heavy (non-hydrogen) atoms. The average molecular weight is 216 g/mol. The Bertz CT molecular complexity index is 174. The van der Waals surface area contributed by atoms with E-state index in [1.54, 1.807) is 0 Å². The molecule has 0 N–H and O–H groups in total. The van der Waals surface area contributed by atoms with Gasteiger partial charge in [0.15, 0.2) is 0 Å². The molecule has 0 spiro atoms. The molecule has 0 amide bonds. The zero-order chi connectivity index (χ0) is 9.86. The molecule has 2 fully saturated rings. The summed E-state index contributed by atoms with van der Waals surface area (Å²) < 4.78 is 11.3. The molecule has 0 aromatic carbocycles. The van der Waals surface area contributed by atoms with Crippen LogP contribution >= 0.6 is 12.6 Å². The van der Waals surface area contributed by atoms with Crippen LogP contribution in [0.1, 0.15) is 32.1 Å². The number of thiol groups is 1. The van der Waals surface area contributed by atoms with Gasteiger partial charge in [0.25, 0.3) is 0 Å². The van der Waals surface area contributed by atoms with Gasteiger partial charge >= 0.3 is 0 Å². The van der Waals surface area contributed by atoms with E-state index in [1.165, 1.54) is 19.3 Å². The van der Waals surface area contributed by atoms with Crippen LogP contribution in [-0.4, -0.2) is 31.7 Å². The fourth-order valence-electron chi connectivity index (χ4n) is 1.98. The van der Waals surface area contributed by atoms with Gasteiger partial charge in [-0.15, -0.1) is 0 Å². The minimum atomic E-state index is 0.303. The van der Waals surface area contributed by atoms with Gasteiger partial charge in [-0.2, -0.15) is 12.6 Å². The molecule has 0 atom stereocenters. The van der Waals surface area contributed by atoms with E-state index in [0.717, 1.165) is 38.4 Å². The van der Waals surface area contributed by atoms with Gasteiger partial charge in [-0.3, -0.25) is 0 Å². The maximum absolute atomic E-state index is 5.91. The Labute approximate surface area is 91.8 Å². The first kappa shape index (κ1) is 10.8.